The Morgan fingerprint density at radius 1 is 1.31 bits per heavy atom. The smallest absolute Gasteiger partial charge is 0.335 e. The van der Waals surface area contributed by atoms with Gasteiger partial charge in [0.15, 0.2) is 5.60 Å². The molecule has 0 amide bonds. The molecule has 1 aromatic carbocycles. The monoisotopic (exact) mass is 355 g/mol. The highest BCUT2D eigenvalue weighted by atomic mass is 16.6. The van der Waals surface area contributed by atoms with Crippen LogP contribution in [0, 0.1) is 12.8 Å². The fourth-order valence-corrected chi connectivity index (χ4v) is 4.10. The molecule has 0 radical (unpaired) electrons. The SMILES string of the molecule is CCOC(=O)[C@H]1C(=C(C)C)C(=O)O[C@]1(C)c1c(C)n(C)c2ccccc12. The van der Waals surface area contributed by atoms with Crippen molar-refractivity contribution >= 4 is 22.8 Å². The molecule has 2 atom stereocenters. The van der Waals surface area contributed by atoms with E-state index in [4.69, 9.17) is 9.47 Å². The molecule has 0 unspecified atom stereocenters. The summed E-state index contributed by atoms with van der Waals surface area (Å²) in [6.45, 7) is 9.46. The van der Waals surface area contributed by atoms with E-state index in [1.807, 2.05) is 59.0 Å². The summed E-state index contributed by atoms with van der Waals surface area (Å²) in [7, 11) is 1.97. The standard InChI is InChI=1S/C21H25NO4/c1-7-25-20(24)18-16(12(2)3)19(23)26-21(18,5)17-13(4)22(6)15-11-9-8-10-14(15)17/h8-11,18H,7H2,1-6H3/t18-,21-/m1/s1. The van der Waals surface area contributed by atoms with Crippen LogP contribution in [0.3, 0.4) is 0 Å². The lowest BCUT2D eigenvalue weighted by Crippen LogP contribution is -2.36. The van der Waals surface area contributed by atoms with E-state index in [2.05, 4.69) is 4.57 Å². The number of carbonyl (C=O) groups excluding carboxylic acids is 2. The van der Waals surface area contributed by atoms with E-state index in [9.17, 15) is 9.59 Å². The van der Waals surface area contributed by atoms with E-state index in [1.165, 1.54) is 0 Å². The largest absolute Gasteiger partial charge is 0.465 e. The summed E-state index contributed by atoms with van der Waals surface area (Å²) < 4.78 is 13.3. The fourth-order valence-electron chi connectivity index (χ4n) is 4.10. The molecule has 1 aromatic heterocycles. The third-order valence-electron chi connectivity index (χ3n) is 5.32. The Hall–Kier alpha value is -2.56. The molecule has 1 aliphatic rings. The first-order valence-corrected chi connectivity index (χ1v) is 8.85. The number of fused-ring (bicyclic) bond motifs is 1. The Balaban J connectivity index is 2.32. The van der Waals surface area contributed by atoms with Gasteiger partial charge in [0, 0.05) is 29.2 Å². The lowest BCUT2D eigenvalue weighted by atomic mass is 9.78. The number of aryl methyl sites for hydroxylation is 1. The Morgan fingerprint density at radius 3 is 2.58 bits per heavy atom. The minimum atomic E-state index is -1.11. The molecule has 1 fully saturated rings. The lowest BCUT2D eigenvalue weighted by Gasteiger charge is -2.29. The summed E-state index contributed by atoms with van der Waals surface area (Å²) in [5.41, 5.74) is 2.92. The molecule has 0 N–H and O–H groups in total. The summed E-state index contributed by atoms with van der Waals surface area (Å²) >= 11 is 0. The van der Waals surface area contributed by atoms with Crippen LogP contribution in [0.1, 0.15) is 39.0 Å². The third-order valence-corrected chi connectivity index (χ3v) is 5.32. The van der Waals surface area contributed by atoms with Crippen molar-refractivity contribution in [1.29, 1.82) is 0 Å². The molecule has 5 heteroatoms. The molecule has 5 nitrogen and oxygen atoms in total. The number of allylic oxidation sites excluding steroid dienone is 1. The number of hydrogen-bond donors (Lipinski definition) is 0. The van der Waals surface area contributed by atoms with Crippen LogP contribution in [0.15, 0.2) is 35.4 Å². The zero-order chi connectivity index (χ0) is 19.2. The summed E-state index contributed by atoms with van der Waals surface area (Å²) in [6, 6.07) is 7.94. The molecule has 0 saturated carbocycles. The van der Waals surface area contributed by atoms with Crippen LogP contribution in [-0.2, 0) is 31.7 Å². The van der Waals surface area contributed by atoms with Crippen LogP contribution >= 0.6 is 0 Å². The molecule has 2 heterocycles. The van der Waals surface area contributed by atoms with Gasteiger partial charge in [0.05, 0.1) is 12.2 Å². The average Bonchev–Trinajstić information content (AvgIpc) is 3.00. The van der Waals surface area contributed by atoms with Crippen molar-refractivity contribution < 1.29 is 19.1 Å². The second-order valence-electron chi connectivity index (χ2n) is 7.13. The summed E-state index contributed by atoms with van der Waals surface area (Å²) in [5.74, 6) is -1.66. The Bertz CT molecular complexity index is 933. The van der Waals surface area contributed by atoms with Crippen LogP contribution in [0.2, 0.25) is 0 Å². The molecule has 0 spiro atoms. The minimum Gasteiger partial charge on any atom is -0.465 e. The maximum atomic E-state index is 12.9. The molecular formula is C21H25NO4. The number of rotatable bonds is 3. The van der Waals surface area contributed by atoms with Crippen LogP contribution < -0.4 is 0 Å². The topological polar surface area (TPSA) is 57.5 Å². The van der Waals surface area contributed by atoms with Gasteiger partial charge in [-0.05, 0) is 40.7 Å². The van der Waals surface area contributed by atoms with Crippen molar-refractivity contribution in [3.63, 3.8) is 0 Å². The molecule has 0 bridgehead atoms. The molecule has 1 aliphatic heterocycles. The van der Waals surface area contributed by atoms with E-state index >= 15 is 0 Å². The average molecular weight is 355 g/mol. The number of hydrogen-bond acceptors (Lipinski definition) is 4. The highest BCUT2D eigenvalue weighted by Crippen LogP contribution is 2.49. The molecule has 0 aliphatic carbocycles. The second-order valence-corrected chi connectivity index (χ2v) is 7.13. The predicted molar refractivity (Wildman–Crippen MR) is 99.6 cm³/mol. The molecule has 1 saturated heterocycles. The van der Waals surface area contributed by atoms with Gasteiger partial charge in [0.2, 0.25) is 0 Å². The molecule has 138 valence electrons. The van der Waals surface area contributed by atoms with Gasteiger partial charge in [-0.1, -0.05) is 23.8 Å². The second kappa shape index (κ2) is 6.31. The molecular weight excluding hydrogens is 330 g/mol. The third kappa shape index (κ3) is 2.45. The Kier molecular flexibility index (Phi) is 4.42. The number of benzene rings is 1. The van der Waals surface area contributed by atoms with Crippen molar-refractivity contribution in [3.05, 3.63) is 46.7 Å². The fraction of sp³-hybridized carbons (Fsp3) is 0.429. The van der Waals surface area contributed by atoms with Crippen molar-refractivity contribution in [2.24, 2.45) is 13.0 Å². The van der Waals surface area contributed by atoms with Crippen LogP contribution in [0.4, 0.5) is 0 Å². The Morgan fingerprint density at radius 2 is 1.96 bits per heavy atom. The van der Waals surface area contributed by atoms with Crippen molar-refractivity contribution in [3.8, 4) is 0 Å². The van der Waals surface area contributed by atoms with E-state index < -0.39 is 23.5 Å². The zero-order valence-electron chi connectivity index (χ0n) is 16.2. The van der Waals surface area contributed by atoms with E-state index in [0.717, 1.165) is 27.7 Å². The number of cyclic esters (lactones) is 1. The van der Waals surface area contributed by atoms with E-state index in [0.29, 0.717) is 5.57 Å². The van der Waals surface area contributed by atoms with Crippen LogP contribution in [0.25, 0.3) is 10.9 Å². The first-order chi connectivity index (χ1) is 12.2. The predicted octanol–water partition coefficient (Wildman–Crippen LogP) is 3.77. The first kappa shape index (κ1) is 18.2. The van der Waals surface area contributed by atoms with Gasteiger partial charge in [-0.3, -0.25) is 4.79 Å². The maximum Gasteiger partial charge on any atom is 0.335 e. The van der Waals surface area contributed by atoms with E-state index in [1.54, 1.807) is 6.92 Å². The summed E-state index contributed by atoms with van der Waals surface area (Å²) in [6.07, 6.45) is 0. The highest BCUT2D eigenvalue weighted by molar-refractivity contribution is 6.01. The Labute approximate surface area is 153 Å². The number of para-hydroxylation sites is 1. The van der Waals surface area contributed by atoms with E-state index in [-0.39, 0.29) is 6.61 Å². The van der Waals surface area contributed by atoms with Crippen molar-refractivity contribution in [2.75, 3.05) is 6.61 Å². The number of aromatic nitrogens is 1. The van der Waals surface area contributed by atoms with Gasteiger partial charge >= 0.3 is 11.9 Å². The minimum absolute atomic E-state index is 0.254. The first-order valence-electron chi connectivity index (χ1n) is 8.85. The molecule has 26 heavy (non-hydrogen) atoms. The van der Waals surface area contributed by atoms with Crippen molar-refractivity contribution in [1.82, 2.24) is 4.57 Å². The van der Waals surface area contributed by atoms with Gasteiger partial charge in [0.1, 0.15) is 5.92 Å². The summed E-state index contributed by atoms with van der Waals surface area (Å²) in [4.78, 5) is 25.5. The number of nitrogens with zero attached hydrogens (tertiary/aromatic N) is 1. The molecule has 3 rings (SSSR count). The van der Waals surface area contributed by atoms with Crippen LogP contribution in [0.5, 0.6) is 0 Å². The number of carbonyl (C=O) groups is 2. The number of esters is 2. The maximum absolute atomic E-state index is 12.9. The normalized spacial score (nSPS) is 22.6. The van der Waals surface area contributed by atoms with Crippen LogP contribution in [-0.4, -0.2) is 23.1 Å². The molecule has 2 aromatic rings. The number of ether oxygens (including phenoxy) is 2. The summed E-state index contributed by atoms with van der Waals surface area (Å²) in [5, 5.41) is 0.979. The lowest BCUT2D eigenvalue weighted by molar-refractivity contribution is -0.157. The van der Waals surface area contributed by atoms with Gasteiger partial charge in [-0.15, -0.1) is 0 Å². The quantitative estimate of drug-likeness (QED) is 0.621. The van der Waals surface area contributed by atoms with Gasteiger partial charge in [-0.25, -0.2) is 4.79 Å². The van der Waals surface area contributed by atoms with Gasteiger partial charge in [-0.2, -0.15) is 0 Å². The van der Waals surface area contributed by atoms with Gasteiger partial charge < -0.3 is 14.0 Å². The van der Waals surface area contributed by atoms with Crippen molar-refractivity contribution in [2.45, 2.75) is 40.2 Å². The van der Waals surface area contributed by atoms with Gasteiger partial charge in [0.25, 0.3) is 0 Å². The highest BCUT2D eigenvalue weighted by Gasteiger charge is 2.57. The zero-order valence-corrected chi connectivity index (χ0v) is 16.2.